The minimum Gasteiger partial charge on any atom is -0.356 e. The zero-order valence-electron chi connectivity index (χ0n) is 12.3. The summed E-state index contributed by atoms with van der Waals surface area (Å²) in [6.07, 6.45) is 6.07. The SMILES string of the molecule is CCC(C)NC(=NC)NCCCn1cc(C)cn1.I. The van der Waals surface area contributed by atoms with E-state index in [1.165, 1.54) is 5.56 Å². The molecule has 2 N–H and O–H groups in total. The molecular formula is C13H26IN5. The molecule has 0 spiro atoms. The molecule has 1 heterocycles. The van der Waals surface area contributed by atoms with Crippen LogP contribution in [0, 0.1) is 6.92 Å². The van der Waals surface area contributed by atoms with E-state index in [1.54, 1.807) is 7.05 Å². The van der Waals surface area contributed by atoms with Gasteiger partial charge in [0.25, 0.3) is 0 Å². The molecule has 0 aliphatic rings. The van der Waals surface area contributed by atoms with Gasteiger partial charge in [-0.05, 0) is 32.3 Å². The Hall–Kier alpha value is -0.790. The zero-order valence-corrected chi connectivity index (χ0v) is 14.6. The molecule has 1 atom stereocenters. The van der Waals surface area contributed by atoms with Crippen LogP contribution in [0.5, 0.6) is 0 Å². The van der Waals surface area contributed by atoms with Gasteiger partial charge in [-0.25, -0.2) is 0 Å². The molecule has 0 radical (unpaired) electrons. The summed E-state index contributed by atoms with van der Waals surface area (Å²) in [5.74, 6) is 0.876. The van der Waals surface area contributed by atoms with Gasteiger partial charge in [0.2, 0.25) is 0 Å². The highest BCUT2D eigenvalue weighted by Gasteiger charge is 2.01. The first-order valence-corrected chi connectivity index (χ1v) is 6.62. The van der Waals surface area contributed by atoms with E-state index < -0.39 is 0 Å². The molecule has 1 unspecified atom stereocenters. The predicted molar refractivity (Wildman–Crippen MR) is 91.2 cm³/mol. The molecule has 0 bridgehead atoms. The van der Waals surface area contributed by atoms with Crippen LogP contribution < -0.4 is 10.6 Å². The molecular weight excluding hydrogens is 353 g/mol. The molecule has 110 valence electrons. The van der Waals surface area contributed by atoms with Crippen molar-refractivity contribution in [2.24, 2.45) is 4.99 Å². The smallest absolute Gasteiger partial charge is 0.191 e. The highest BCUT2D eigenvalue weighted by molar-refractivity contribution is 14.0. The fourth-order valence-electron chi connectivity index (χ4n) is 1.57. The van der Waals surface area contributed by atoms with E-state index in [1.807, 2.05) is 10.9 Å². The van der Waals surface area contributed by atoms with E-state index in [9.17, 15) is 0 Å². The summed E-state index contributed by atoms with van der Waals surface area (Å²) in [7, 11) is 1.80. The van der Waals surface area contributed by atoms with Crippen molar-refractivity contribution in [1.82, 2.24) is 20.4 Å². The normalized spacial score (nSPS) is 12.7. The summed E-state index contributed by atoms with van der Waals surface area (Å²) >= 11 is 0. The molecule has 0 amide bonds. The number of nitrogens with zero attached hydrogens (tertiary/aromatic N) is 3. The first kappa shape index (κ1) is 18.2. The Labute approximate surface area is 133 Å². The van der Waals surface area contributed by atoms with Crippen LogP contribution in [0.3, 0.4) is 0 Å². The van der Waals surface area contributed by atoms with Crippen molar-refractivity contribution >= 4 is 29.9 Å². The molecule has 19 heavy (non-hydrogen) atoms. The summed E-state index contributed by atoms with van der Waals surface area (Å²) in [4.78, 5) is 4.20. The maximum Gasteiger partial charge on any atom is 0.191 e. The Morgan fingerprint density at radius 2 is 2.26 bits per heavy atom. The first-order valence-electron chi connectivity index (χ1n) is 6.62. The molecule has 0 saturated carbocycles. The average molecular weight is 379 g/mol. The van der Waals surface area contributed by atoms with E-state index in [-0.39, 0.29) is 24.0 Å². The number of guanidine groups is 1. The van der Waals surface area contributed by atoms with Crippen LogP contribution in [0.2, 0.25) is 0 Å². The van der Waals surface area contributed by atoms with Gasteiger partial charge < -0.3 is 10.6 Å². The third kappa shape index (κ3) is 7.39. The molecule has 0 saturated heterocycles. The van der Waals surface area contributed by atoms with Crippen LogP contribution in [0.25, 0.3) is 0 Å². The van der Waals surface area contributed by atoms with Crippen molar-refractivity contribution in [2.75, 3.05) is 13.6 Å². The van der Waals surface area contributed by atoms with Crippen molar-refractivity contribution in [3.8, 4) is 0 Å². The molecule has 0 fully saturated rings. The Kier molecular flexibility index (Phi) is 9.63. The van der Waals surface area contributed by atoms with Gasteiger partial charge in [0.1, 0.15) is 0 Å². The molecule has 1 aromatic rings. The summed E-state index contributed by atoms with van der Waals surface area (Å²) in [5, 5.41) is 10.9. The van der Waals surface area contributed by atoms with Gasteiger partial charge >= 0.3 is 0 Å². The molecule has 5 nitrogen and oxygen atoms in total. The lowest BCUT2D eigenvalue weighted by Crippen LogP contribution is -2.42. The van der Waals surface area contributed by atoms with Gasteiger partial charge in [0.15, 0.2) is 5.96 Å². The maximum atomic E-state index is 4.26. The third-order valence-corrected chi connectivity index (χ3v) is 2.84. The summed E-state index contributed by atoms with van der Waals surface area (Å²) in [5.41, 5.74) is 1.21. The van der Waals surface area contributed by atoms with E-state index in [0.29, 0.717) is 6.04 Å². The van der Waals surface area contributed by atoms with Crippen LogP contribution in [0.15, 0.2) is 17.4 Å². The van der Waals surface area contributed by atoms with Crippen LogP contribution in [-0.2, 0) is 6.54 Å². The van der Waals surface area contributed by atoms with Gasteiger partial charge in [-0.2, -0.15) is 5.10 Å². The molecule has 0 aliphatic heterocycles. The van der Waals surface area contributed by atoms with E-state index in [0.717, 1.165) is 31.9 Å². The van der Waals surface area contributed by atoms with E-state index in [4.69, 9.17) is 0 Å². The van der Waals surface area contributed by atoms with Gasteiger partial charge in [0.05, 0.1) is 6.20 Å². The molecule has 1 aromatic heterocycles. The highest BCUT2D eigenvalue weighted by atomic mass is 127. The summed E-state index contributed by atoms with van der Waals surface area (Å²) in [6.45, 7) is 8.19. The second-order valence-electron chi connectivity index (χ2n) is 4.59. The van der Waals surface area contributed by atoms with E-state index in [2.05, 4.69) is 47.7 Å². The molecule has 6 heteroatoms. The monoisotopic (exact) mass is 379 g/mol. The average Bonchev–Trinajstić information content (AvgIpc) is 2.78. The van der Waals surface area contributed by atoms with Gasteiger partial charge in [-0.15, -0.1) is 24.0 Å². The number of rotatable bonds is 6. The second kappa shape index (κ2) is 10.1. The standard InChI is InChI=1S/C13H25N5.HI/c1-5-12(3)17-13(14-4)15-7-6-8-18-10-11(2)9-16-18;/h9-10,12H,5-8H2,1-4H3,(H2,14,15,17);1H. The number of aliphatic imine (C=N–C) groups is 1. The van der Waals surface area contributed by atoms with Crippen molar-refractivity contribution in [1.29, 1.82) is 0 Å². The minimum absolute atomic E-state index is 0. The fraction of sp³-hybridized carbons (Fsp3) is 0.692. The highest BCUT2D eigenvalue weighted by Crippen LogP contribution is 1.95. The van der Waals surface area contributed by atoms with Crippen LogP contribution >= 0.6 is 24.0 Å². The minimum atomic E-state index is 0. The number of hydrogen-bond acceptors (Lipinski definition) is 2. The second-order valence-corrected chi connectivity index (χ2v) is 4.59. The maximum absolute atomic E-state index is 4.26. The number of aryl methyl sites for hydroxylation is 2. The molecule has 1 rings (SSSR count). The Morgan fingerprint density at radius 1 is 1.53 bits per heavy atom. The van der Waals surface area contributed by atoms with Crippen LogP contribution in [0.4, 0.5) is 0 Å². The largest absolute Gasteiger partial charge is 0.356 e. The lowest BCUT2D eigenvalue weighted by atomic mass is 10.3. The molecule has 0 aliphatic carbocycles. The first-order chi connectivity index (χ1) is 8.65. The number of hydrogen-bond donors (Lipinski definition) is 2. The van der Waals surface area contributed by atoms with Crippen LogP contribution in [0.1, 0.15) is 32.3 Å². The summed E-state index contributed by atoms with van der Waals surface area (Å²) in [6, 6.07) is 0.449. The summed E-state index contributed by atoms with van der Waals surface area (Å²) < 4.78 is 1.97. The van der Waals surface area contributed by atoms with Crippen molar-refractivity contribution < 1.29 is 0 Å². The fourth-order valence-corrected chi connectivity index (χ4v) is 1.57. The van der Waals surface area contributed by atoms with Crippen molar-refractivity contribution in [2.45, 2.75) is 46.2 Å². The van der Waals surface area contributed by atoms with Gasteiger partial charge in [0, 0.05) is 32.4 Å². The topological polar surface area (TPSA) is 54.2 Å². The van der Waals surface area contributed by atoms with E-state index >= 15 is 0 Å². The van der Waals surface area contributed by atoms with Crippen LogP contribution in [-0.4, -0.2) is 35.4 Å². The lowest BCUT2D eigenvalue weighted by molar-refractivity contribution is 0.564. The Balaban J connectivity index is 0.00000324. The lowest BCUT2D eigenvalue weighted by Gasteiger charge is -2.16. The van der Waals surface area contributed by atoms with Gasteiger partial charge in [-0.3, -0.25) is 9.67 Å². The number of aromatic nitrogens is 2. The predicted octanol–water partition coefficient (Wildman–Crippen LogP) is 2.16. The Morgan fingerprint density at radius 3 is 2.79 bits per heavy atom. The molecule has 0 aromatic carbocycles. The zero-order chi connectivity index (χ0) is 13.4. The van der Waals surface area contributed by atoms with Crippen molar-refractivity contribution in [3.05, 3.63) is 18.0 Å². The Bertz CT molecular complexity index is 375. The van der Waals surface area contributed by atoms with Crippen molar-refractivity contribution in [3.63, 3.8) is 0 Å². The van der Waals surface area contributed by atoms with Gasteiger partial charge in [-0.1, -0.05) is 6.92 Å². The number of halogens is 1. The quantitative estimate of drug-likeness (QED) is 0.345. The number of nitrogens with one attached hydrogen (secondary N) is 2. The third-order valence-electron chi connectivity index (χ3n) is 2.84.